The van der Waals surface area contributed by atoms with E-state index < -0.39 is 11.1 Å². The second-order valence-electron chi connectivity index (χ2n) is 6.61. The fourth-order valence-electron chi connectivity index (χ4n) is 3.18. The van der Waals surface area contributed by atoms with Crippen molar-refractivity contribution in [2.45, 2.75) is 19.8 Å². The SMILES string of the molecule is C#CCOc1c(I)cc(/C=C2/SC(=O)N(CC(=O)N3CCCC3)C2=O)cc1OCC. The van der Waals surface area contributed by atoms with E-state index in [-0.39, 0.29) is 24.0 Å². The van der Waals surface area contributed by atoms with Gasteiger partial charge < -0.3 is 14.4 Å². The summed E-state index contributed by atoms with van der Waals surface area (Å²) in [7, 11) is 0. The van der Waals surface area contributed by atoms with E-state index in [0.29, 0.717) is 36.8 Å². The summed E-state index contributed by atoms with van der Waals surface area (Å²) >= 11 is 2.94. The summed E-state index contributed by atoms with van der Waals surface area (Å²) < 4.78 is 12.0. The Morgan fingerprint density at radius 2 is 2.03 bits per heavy atom. The van der Waals surface area contributed by atoms with E-state index in [1.54, 1.807) is 17.0 Å². The van der Waals surface area contributed by atoms with Crippen molar-refractivity contribution in [1.29, 1.82) is 0 Å². The number of imide groups is 1. The second-order valence-corrected chi connectivity index (χ2v) is 8.77. The van der Waals surface area contributed by atoms with Gasteiger partial charge in [-0.2, -0.15) is 0 Å². The molecule has 0 aromatic heterocycles. The minimum Gasteiger partial charge on any atom is -0.490 e. The van der Waals surface area contributed by atoms with Gasteiger partial charge in [0, 0.05) is 13.1 Å². The lowest BCUT2D eigenvalue weighted by Crippen LogP contribution is -2.40. The van der Waals surface area contributed by atoms with Gasteiger partial charge in [-0.1, -0.05) is 5.92 Å². The first-order chi connectivity index (χ1) is 14.4. The first-order valence-corrected chi connectivity index (χ1v) is 11.4. The fraction of sp³-hybridized carbons (Fsp3) is 0.381. The highest BCUT2D eigenvalue weighted by Crippen LogP contribution is 2.37. The Kier molecular flexibility index (Phi) is 7.66. The standard InChI is InChI=1S/C21H21IN2O5S/c1-3-9-29-19-15(22)10-14(11-16(19)28-4-2)12-17-20(26)24(21(27)30-17)13-18(25)23-7-5-6-8-23/h1,10-12H,4-9,13H2,2H3/b17-12+. The van der Waals surface area contributed by atoms with Crippen LogP contribution in [-0.4, -0.2) is 59.7 Å². The van der Waals surface area contributed by atoms with Crippen LogP contribution >= 0.6 is 34.4 Å². The molecular weight excluding hydrogens is 519 g/mol. The number of hydrogen-bond acceptors (Lipinski definition) is 6. The predicted molar refractivity (Wildman–Crippen MR) is 123 cm³/mol. The summed E-state index contributed by atoms with van der Waals surface area (Å²) in [6.45, 7) is 3.53. The molecule has 30 heavy (non-hydrogen) atoms. The van der Waals surface area contributed by atoms with Crippen LogP contribution in [0.15, 0.2) is 17.0 Å². The lowest BCUT2D eigenvalue weighted by Gasteiger charge is -2.18. The van der Waals surface area contributed by atoms with Crippen molar-refractivity contribution < 1.29 is 23.9 Å². The molecule has 0 atom stereocenters. The third-order valence-electron chi connectivity index (χ3n) is 4.56. The Labute approximate surface area is 193 Å². The number of terminal acetylenes is 1. The normalized spacial score (nSPS) is 17.6. The van der Waals surface area contributed by atoms with Crippen molar-refractivity contribution >= 4 is 57.5 Å². The molecule has 9 heteroatoms. The van der Waals surface area contributed by atoms with E-state index >= 15 is 0 Å². The van der Waals surface area contributed by atoms with Crippen LogP contribution in [0.5, 0.6) is 11.5 Å². The fourth-order valence-corrected chi connectivity index (χ4v) is 4.80. The molecule has 0 aliphatic carbocycles. The van der Waals surface area contributed by atoms with Gasteiger partial charge in [0.1, 0.15) is 13.2 Å². The molecule has 0 bridgehead atoms. The number of amides is 3. The topological polar surface area (TPSA) is 76.2 Å². The zero-order chi connectivity index (χ0) is 21.7. The molecular formula is C21H21IN2O5S. The first kappa shape index (κ1) is 22.5. The highest BCUT2D eigenvalue weighted by atomic mass is 127. The van der Waals surface area contributed by atoms with Crippen LogP contribution < -0.4 is 9.47 Å². The molecule has 3 amide bonds. The molecule has 1 aromatic rings. The van der Waals surface area contributed by atoms with Gasteiger partial charge >= 0.3 is 0 Å². The van der Waals surface area contributed by atoms with E-state index in [4.69, 9.17) is 15.9 Å². The monoisotopic (exact) mass is 540 g/mol. The number of hydrogen-bond donors (Lipinski definition) is 0. The van der Waals surface area contributed by atoms with E-state index in [0.717, 1.165) is 33.1 Å². The number of nitrogens with zero attached hydrogens (tertiary/aromatic N) is 2. The lowest BCUT2D eigenvalue weighted by molar-refractivity contribution is -0.135. The van der Waals surface area contributed by atoms with Crippen molar-refractivity contribution in [1.82, 2.24) is 9.80 Å². The van der Waals surface area contributed by atoms with E-state index in [1.807, 2.05) is 13.0 Å². The van der Waals surface area contributed by atoms with Gasteiger partial charge in [0.25, 0.3) is 11.1 Å². The Balaban J connectivity index is 1.80. The number of thioether (sulfide) groups is 1. The van der Waals surface area contributed by atoms with Crippen LogP contribution in [0.1, 0.15) is 25.3 Å². The van der Waals surface area contributed by atoms with Gasteiger partial charge in [0.05, 0.1) is 15.1 Å². The van der Waals surface area contributed by atoms with E-state index in [9.17, 15) is 14.4 Å². The number of carbonyl (C=O) groups excluding carboxylic acids is 3. The van der Waals surface area contributed by atoms with Gasteiger partial charge in [-0.15, -0.1) is 6.42 Å². The minimum atomic E-state index is -0.460. The molecule has 2 aliphatic rings. The summed E-state index contributed by atoms with van der Waals surface area (Å²) in [5, 5.41) is -0.438. The Bertz CT molecular complexity index is 934. The molecule has 0 N–H and O–H groups in total. The Morgan fingerprint density at radius 3 is 2.70 bits per heavy atom. The largest absolute Gasteiger partial charge is 0.490 e. The molecule has 1 aromatic carbocycles. The zero-order valence-corrected chi connectivity index (χ0v) is 19.5. The summed E-state index contributed by atoms with van der Waals surface area (Å²) in [6.07, 6.45) is 8.81. The summed E-state index contributed by atoms with van der Waals surface area (Å²) in [4.78, 5) is 40.4. The quantitative estimate of drug-likeness (QED) is 0.300. The van der Waals surface area contributed by atoms with Crippen molar-refractivity contribution in [2.75, 3.05) is 32.8 Å². The van der Waals surface area contributed by atoms with E-state index in [1.165, 1.54) is 0 Å². The molecule has 2 fully saturated rings. The van der Waals surface area contributed by atoms with Crippen molar-refractivity contribution in [3.05, 3.63) is 26.2 Å². The first-order valence-electron chi connectivity index (χ1n) is 9.50. The van der Waals surface area contributed by atoms with Crippen LogP contribution in [-0.2, 0) is 9.59 Å². The van der Waals surface area contributed by atoms with Crippen LogP contribution in [0.4, 0.5) is 4.79 Å². The Hall–Kier alpha value is -2.19. The molecule has 2 heterocycles. The van der Waals surface area contributed by atoms with Crippen LogP contribution in [0, 0.1) is 15.9 Å². The number of benzene rings is 1. The molecule has 0 saturated carbocycles. The maximum atomic E-state index is 12.7. The van der Waals surface area contributed by atoms with Crippen molar-refractivity contribution in [2.24, 2.45) is 0 Å². The third-order valence-corrected chi connectivity index (χ3v) is 6.26. The molecule has 2 aliphatic heterocycles. The summed E-state index contributed by atoms with van der Waals surface area (Å²) in [6, 6.07) is 3.55. The van der Waals surface area contributed by atoms with Crippen LogP contribution in [0.3, 0.4) is 0 Å². The molecule has 2 saturated heterocycles. The molecule has 158 valence electrons. The number of ether oxygens (including phenoxy) is 2. The smallest absolute Gasteiger partial charge is 0.294 e. The van der Waals surface area contributed by atoms with Crippen LogP contribution in [0.25, 0.3) is 6.08 Å². The summed E-state index contributed by atoms with van der Waals surface area (Å²) in [5.41, 5.74) is 0.687. The Morgan fingerprint density at radius 1 is 1.30 bits per heavy atom. The predicted octanol–water partition coefficient (Wildman–Crippen LogP) is 3.36. The molecule has 7 nitrogen and oxygen atoms in total. The van der Waals surface area contributed by atoms with Gasteiger partial charge in [-0.25, -0.2) is 0 Å². The maximum Gasteiger partial charge on any atom is 0.294 e. The number of halogens is 1. The number of carbonyl (C=O) groups is 3. The van der Waals surface area contributed by atoms with Gasteiger partial charge in [-0.05, 0) is 77.9 Å². The summed E-state index contributed by atoms with van der Waals surface area (Å²) in [5.74, 6) is 2.81. The molecule has 0 radical (unpaired) electrons. The van der Waals surface area contributed by atoms with Crippen LogP contribution in [0.2, 0.25) is 0 Å². The average molecular weight is 540 g/mol. The molecule has 0 unspecified atom stereocenters. The highest BCUT2D eigenvalue weighted by molar-refractivity contribution is 14.1. The highest BCUT2D eigenvalue weighted by Gasteiger charge is 2.37. The molecule has 3 rings (SSSR count). The van der Waals surface area contributed by atoms with Crippen molar-refractivity contribution in [3.63, 3.8) is 0 Å². The zero-order valence-electron chi connectivity index (χ0n) is 16.5. The molecule has 0 spiro atoms. The minimum absolute atomic E-state index is 0.110. The number of likely N-dealkylation sites (tertiary alicyclic amines) is 1. The van der Waals surface area contributed by atoms with Gasteiger partial charge in [-0.3, -0.25) is 19.3 Å². The second kappa shape index (κ2) is 10.2. The maximum absolute atomic E-state index is 12.7. The average Bonchev–Trinajstić information content (AvgIpc) is 3.33. The lowest BCUT2D eigenvalue weighted by atomic mass is 10.2. The number of rotatable bonds is 7. The van der Waals surface area contributed by atoms with Crippen molar-refractivity contribution in [3.8, 4) is 23.8 Å². The van der Waals surface area contributed by atoms with Gasteiger partial charge in [0.15, 0.2) is 11.5 Å². The third kappa shape index (κ3) is 5.10. The van der Waals surface area contributed by atoms with E-state index in [2.05, 4.69) is 28.5 Å². The van der Waals surface area contributed by atoms with Gasteiger partial charge in [0.2, 0.25) is 5.91 Å².